The Hall–Kier alpha value is -3.13. The van der Waals surface area contributed by atoms with E-state index in [-0.39, 0.29) is 35.2 Å². The fraction of sp³-hybridized carbons (Fsp3) is 0.500. The SMILES string of the molecule is CCOC(=O)c1cn2c(cc1=O)-c1c3cccc(OCCOC(C)C)c3nn1CC2C(C)(C)C. The van der Waals surface area contributed by atoms with Crippen LogP contribution in [-0.4, -0.2) is 46.2 Å². The van der Waals surface area contributed by atoms with Gasteiger partial charge in [0.2, 0.25) is 0 Å². The maximum atomic E-state index is 12.9. The highest BCUT2D eigenvalue weighted by Crippen LogP contribution is 2.43. The monoisotopic (exact) mass is 467 g/mol. The van der Waals surface area contributed by atoms with Gasteiger partial charge in [-0.05, 0) is 32.3 Å². The van der Waals surface area contributed by atoms with Crippen LogP contribution in [0.3, 0.4) is 0 Å². The first-order chi connectivity index (χ1) is 16.1. The zero-order valence-corrected chi connectivity index (χ0v) is 20.8. The van der Waals surface area contributed by atoms with Crippen LogP contribution in [-0.2, 0) is 16.0 Å². The number of nitrogens with zero attached hydrogens (tertiary/aromatic N) is 3. The molecule has 0 fully saturated rings. The number of carbonyl (C=O) groups excluding carboxylic acids is 1. The fourth-order valence-electron chi connectivity index (χ4n) is 4.38. The van der Waals surface area contributed by atoms with Crippen molar-refractivity contribution in [1.82, 2.24) is 14.3 Å². The second-order valence-corrected chi connectivity index (χ2v) is 9.90. The van der Waals surface area contributed by atoms with Gasteiger partial charge in [-0.25, -0.2) is 4.79 Å². The van der Waals surface area contributed by atoms with E-state index in [4.69, 9.17) is 19.3 Å². The van der Waals surface area contributed by atoms with Crippen LogP contribution in [0.15, 0.2) is 35.3 Å². The van der Waals surface area contributed by atoms with Crippen LogP contribution in [0.2, 0.25) is 0 Å². The Kier molecular flexibility index (Phi) is 6.53. The van der Waals surface area contributed by atoms with Crippen molar-refractivity contribution in [2.24, 2.45) is 5.41 Å². The zero-order valence-electron chi connectivity index (χ0n) is 20.8. The number of hydrogen-bond acceptors (Lipinski definition) is 6. The normalized spacial score (nSPS) is 15.3. The lowest BCUT2D eigenvalue weighted by molar-refractivity contribution is 0.0522. The van der Waals surface area contributed by atoms with Crippen molar-refractivity contribution in [3.05, 3.63) is 46.2 Å². The lowest BCUT2D eigenvalue weighted by atomic mass is 9.85. The number of ether oxygens (including phenoxy) is 3. The largest absolute Gasteiger partial charge is 0.489 e. The molecule has 0 spiro atoms. The van der Waals surface area contributed by atoms with Gasteiger partial charge in [-0.15, -0.1) is 0 Å². The van der Waals surface area contributed by atoms with Crippen molar-refractivity contribution < 1.29 is 19.0 Å². The van der Waals surface area contributed by atoms with E-state index in [2.05, 4.69) is 20.8 Å². The summed E-state index contributed by atoms with van der Waals surface area (Å²) in [5, 5.41) is 5.79. The summed E-state index contributed by atoms with van der Waals surface area (Å²) in [6, 6.07) is 7.31. The molecule has 0 amide bonds. The molecule has 2 aromatic heterocycles. The topological polar surface area (TPSA) is 84.6 Å². The van der Waals surface area contributed by atoms with Gasteiger partial charge in [-0.2, -0.15) is 5.10 Å². The molecule has 0 aliphatic carbocycles. The summed E-state index contributed by atoms with van der Waals surface area (Å²) >= 11 is 0. The number of esters is 1. The molecular weight excluding hydrogens is 434 g/mol. The van der Waals surface area contributed by atoms with Gasteiger partial charge in [0.25, 0.3) is 0 Å². The lowest BCUT2D eigenvalue weighted by Crippen LogP contribution is -2.35. The highest BCUT2D eigenvalue weighted by Gasteiger charge is 2.35. The summed E-state index contributed by atoms with van der Waals surface area (Å²) in [5.41, 5.74) is 1.84. The van der Waals surface area contributed by atoms with E-state index in [0.29, 0.717) is 25.5 Å². The Labute approximate surface area is 199 Å². The molecule has 3 heterocycles. The van der Waals surface area contributed by atoms with Gasteiger partial charge < -0.3 is 18.8 Å². The molecule has 1 atom stereocenters. The molecule has 182 valence electrons. The van der Waals surface area contributed by atoms with E-state index in [0.717, 1.165) is 22.3 Å². The standard InChI is InChI=1S/C26H33N3O5/c1-7-32-25(31)18-14-28-19(13-20(18)30)24-17-9-8-10-21(34-12-11-33-16(2)3)23(17)27-29(24)15-22(28)26(4,5)6/h8-10,13-14,16,22H,7,11-12,15H2,1-6H3. The predicted octanol–water partition coefficient (Wildman–Crippen LogP) is 4.45. The number of carbonyl (C=O) groups is 1. The summed E-state index contributed by atoms with van der Waals surface area (Å²) in [7, 11) is 0. The van der Waals surface area contributed by atoms with Gasteiger partial charge >= 0.3 is 5.97 Å². The highest BCUT2D eigenvalue weighted by atomic mass is 16.5. The summed E-state index contributed by atoms with van der Waals surface area (Å²) in [4.78, 5) is 25.4. The molecule has 8 nitrogen and oxygen atoms in total. The van der Waals surface area contributed by atoms with Crippen LogP contribution in [0.4, 0.5) is 0 Å². The first kappa shape index (κ1) is 24.0. The van der Waals surface area contributed by atoms with Gasteiger partial charge in [0.05, 0.1) is 43.3 Å². The van der Waals surface area contributed by atoms with Crippen molar-refractivity contribution >= 4 is 16.9 Å². The van der Waals surface area contributed by atoms with Gasteiger partial charge in [-0.1, -0.05) is 32.9 Å². The molecule has 4 rings (SSSR count). The molecule has 1 aliphatic heterocycles. The number of benzene rings is 1. The number of fused-ring (bicyclic) bond motifs is 5. The summed E-state index contributed by atoms with van der Waals surface area (Å²) in [5.74, 6) is 0.0785. The minimum Gasteiger partial charge on any atom is -0.489 e. The molecule has 0 N–H and O–H groups in total. The first-order valence-electron chi connectivity index (χ1n) is 11.8. The minimum absolute atomic E-state index is 0.0260. The van der Waals surface area contributed by atoms with Crippen molar-refractivity contribution in [1.29, 1.82) is 0 Å². The van der Waals surface area contributed by atoms with Crippen LogP contribution < -0.4 is 10.2 Å². The fourth-order valence-corrected chi connectivity index (χ4v) is 4.38. The molecular formula is C26H33N3O5. The molecule has 3 aromatic rings. The molecule has 0 saturated carbocycles. The van der Waals surface area contributed by atoms with Crippen LogP contribution in [0, 0.1) is 5.41 Å². The Morgan fingerprint density at radius 3 is 2.68 bits per heavy atom. The molecule has 1 unspecified atom stereocenters. The van der Waals surface area contributed by atoms with Gasteiger partial charge in [-0.3, -0.25) is 9.48 Å². The third-order valence-electron chi connectivity index (χ3n) is 6.02. The minimum atomic E-state index is -0.598. The third kappa shape index (κ3) is 4.46. The zero-order chi connectivity index (χ0) is 24.6. The number of pyridine rings is 1. The Balaban J connectivity index is 1.84. The third-order valence-corrected chi connectivity index (χ3v) is 6.02. The summed E-state index contributed by atoms with van der Waals surface area (Å²) in [6.45, 7) is 13.8. The van der Waals surface area contributed by atoms with Crippen LogP contribution >= 0.6 is 0 Å². The predicted molar refractivity (Wildman–Crippen MR) is 130 cm³/mol. The highest BCUT2D eigenvalue weighted by molar-refractivity contribution is 5.97. The smallest absolute Gasteiger partial charge is 0.343 e. The average molecular weight is 468 g/mol. The average Bonchev–Trinajstić information content (AvgIpc) is 3.14. The van der Waals surface area contributed by atoms with E-state index >= 15 is 0 Å². The van der Waals surface area contributed by atoms with Gasteiger partial charge in [0, 0.05) is 17.6 Å². The maximum absolute atomic E-state index is 12.9. The molecule has 0 radical (unpaired) electrons. The Morgan fingerprint density at radius 2 is 2.00 bits per heavy atom. The number of rotatable bonds is 7. The number of hydrogen-bond donors (Lipinski definition) is 0. The lowest BCUT2D eigenvalue weighted by Gasteiger charge is -2.38. The van der Waals surface area contributed by atoms with Crippen molar-refractivity contribution in [3.63, 3.8) is 0 Å². The summed E-state index contributed by atoms with van der Waals surface area (Å²) in [6.07, 6.45) is 1.79. The molecule has 0 bridgehead atoms. The quantitative estimate of drug-likeness (QED) is 0.377. The molecule has 34 heavy (non-hydrogen) atoms. The summed E-state index contributed by atoms with van der Waals surface area (Å²) < 4.78 is 20.7. The molecule has 0 saturated heterocycles. The van der Waals surface area contributed by atoms with Crippen molar-refractivity contribution in [2.45, 2.75) is 60.2 Å². The molecule has 1 aromatic carbocycles. The Bertz CT molecular complexity index is 1270. The first-order valence-corrected chi connectivity index (χ1v) is 11.8. The number of aromatic nitrogens is 3. The van der Waals surface area contributed by atoms with E-state index < -0.39 is 5.97 Å². The second-order valence-electron chi connectivity index (χ2n) is 9.90. The van der Waals surface area contributed by atoms with E-state index in [9.17, 15) is 9.59 Å². The molecule has 1 aliphatic rings. The van der Waals surface area contributed by atoms with Crippen LogP contribution in [0.1, 0.15) is 57.9 Å². The van der Waals surface area contributed by atoms with Crippen LogP contribution in [0.5, 0.6) is 5.75 Å². The van der Waals surface area contributed by atoms with E-state index in [1.54, 1.807) is 13.1 Å². The molecule has 8 heteroatoms. The maximum Gasteiger partial charge on any atom is 0.343 e. The van der Waals surface area contributed by atoms with Gasteiger partial charge in [0.15, 0.2) is 5.43 Å². The van der Waals surface area contributed by atoms with Crippen molar-refractivity contribution in [3.8, 4) is 17.1 Å². The Morgan fingerprint density at radius 1 is 1.24 bits per heavy atom. The van der Waals surface area contributed by atoms with Crippen LogP contribution in [0.25, 0.3) is 22.3 Å². The van der Waals surface area contributed by atoms with Crippen molar-refractivity contribution in [2.75, 3.05) is 19.8 Å². The van der Waals surface area contributed by atoms with E-state index in [1.807, 2.05) is 41.3 Å². The van der Waals surface area contributed by atoms with E-state index in [1.165, 1.54) is 6.07 Å². The second kappa shape index (κ2) is 9.25. The van der Waals surface area contributed by atoms with Gasteiger partial charge in [0.1, 0.15) is 23.4 Å².